The van der Waals surface area contributed by atoms with Gasteiger partial charge in [-0.1, -0.05) is 0 Å². The van der Waals surface area contributed by atoms with Crippen LogP contribution in [0.2, 0.25) is 0 Å². The molecule has 25 heavy (non-hydrogen) atoms. The Bertz CT molecular complexity index is 953. The lowest BCUT2D eigenvalue weighted by Crippen LogP contribution is -2.23. The minimum absolute atomic E-state index is 0.0429. The molecule has 3 aromatic rings. The molecule has 3 heterocycles. The maximum Gasteiger partial charge on any atom is 0.251 e. The molecule has 0 atom stereocenters. The van der Waals surface area contributed by atoms with Crippen molar-refractivity contribution in [1.82, 2.24) is 15.3 Å². The summed E-state index contributed by atoms with van der Waals surface area (Å²) in [5.74, 6) is -0.223. The van der Waals surface area contributed by atoms with Crippen LogP contribution in [0.3, 0.4) is 0 Å². The average molecular weight is 350 g/mol. The number of rotatable bonds is 4. The molecule has 1 aromatic carbocycles. The Hall–Kier alpha value is -3.06. The van der Waals surface area contributed by atoms with E-state index >= 15 is 0 Å². The fourth-order valence-electron chi connectivity index (χ4n) is 2.66. The molecule has 0 aliphatic carbocycles. The summed E-state index contributed by atoms with van der Waals surface area (Å²) in [4.78, 5) is 32.2. The van der Waals surface area contributed by atoms with E-state index in [1.54, 1.807) is 30.6 Å². The van der Waals surface area contributed by atoms with Crippen LogP contribution in [0.25, 0.3) is 10.6 Å². The molecule has 6 nitrogen and oxygen atoms in total. The zero-order valence-corrected chi connectivity index (χ0v) is 14.0. The molecule has 4 rings (SSSR count). The van der Waals surface area contributed by atoms with E-state index in [9.17, 15) is 9.59 Å². The van der Waals surface area contributed by atoms with Gasteiger partial charge < -0.3 is 10.6 Å². The molecule has 1 aliphatic rings. The van der Waals surface area contributed by atoms with E-state index in [2.05, 4.69) is 20.6 Å². The van der Waals surface area contributed by atoms with Crippen LogP contribution in [0.5, 0.6) is 0 Å². The Balaban J connectivity index is 1.42. The fraction of sp³-hybridized carbons (Fsp3) is 0.111. The molecule has 0 saturated heterocycles. The van der Waals surface area contributed by atoms with Crippen LogP contribution in [-0.2, 0) is 17.8 Å². The number of nitrogens with zero attached hydrogens (tertiary/aromatic N) is 2. The highest BCUT2D eigenvalue weighted by atomic mass is 32.1. The topological polar surface area (TPSA) is 84.0 Å². The number of hydrogen-bond donors (Lipinski definition) is 2. The second-order valence-electron chi connectivity index (χ2n) is 5.66. The summed E-state index contributed by atoms with van der Waals surface area (Å²) in [5.41, 5.74) is 3.99. The van der Waals surface area contributed by atoms with Gasteiger partial charge in [-0.05, 0) is 35.9 Å². The smallest absolute Gasteiger partial charge is 0.251 e. The van der Waals surface area contributed by atoms with Gasteiger partial charge in [0.2, 0.25) is 5.91 Å². The maximum atomic E-state index is 12.3. The Morgan fingerprint density at radius 1 is 1.24 bits per heavy atom. The summed E-state index contributed by atoms with van der Waals surface area (Å²) in [6.07, 6.45) is 3.77. The third kappa shape index (κ3) is 3.27. The van der Waals surface area contributed by atoms with Crippen molar-refractivity contribution in [3.8, 4) is 10.6 Å². The van der Waals surface area contributed by atoms with Gasteiger partial charge in [0.25, 0.3) is 5.91 Å². The van der Waals surface area contributed by atoms with Crippen LogP contribution in [0, 0.1) is 0 Å². The van der Waals surface area contributed by atoms with E-state index in [4.69, 9.17) is 0 Å². The van der Waals surface area contributed by atoms with E-state index in [0.29, 0.717) is 18.5 Å². The van der Waals surface area contributed by atoms with E-state index in [0.717, 1.165) is 27.5 Å². The lowest BCUT2D eigenvalue weighted by Gasteiger charge is -2.05. The van der Waals surface area contributed by atoms with Gasteiger partial charge in [0.15, 0.2) is 0 Å². The molecule has 7 heteroatoms. The number of anilines is 1. The summed E-state index contributed by atoms with van der Waals surface area (Å²) in [5, 5.41) is 8.45. The number of nitrogens with one attached hydrogen (secondary N) is 2. The fourth-order valence-corrected chi connectivity index (χ4v) is 3.48. The van der Waals surface area contributed by atoms with Gasteiger partial charge in [0.05, 0.1) is 18.7 Å². The molecular formula is C18H14N4O2S. The quantitative estimate of drug-likeness (QED) is 0.758. The number of amides is 2. The summed E-state index contributed by atoms with van der Waals surface area (Å²) in [6.45, 7) is 0.356. The second-order valence-corrected chi connectivity index (χ2v) is 6.52. The predicted octanol–water partition coefficient (Wildman–Crippen LogP) is 2.63. The van der Waals surface area contributed by atoms with Crippen LogP contribution >= 0.6 is 11.3 Å². The van der Waals surface area contributed by atoms with Crippen molar-refractivity contribution in [1.29, 1.82) is 0 Å². The monoisotopic (exact) mass is 350 g/mol. The highest BCUT2D eigenvalue weighted by Crippen LogP contribution is 2.24. The van der Waals surface area contributed by atoms with Crippen molar-refractivity contribution < 1.29 is 9.59 Å². The van der Waals surface area contributed by atoms with Crippen LogP contribution in [0.1, 0.15) is 21.6 Å². The first-order valence-electron chi connectivity index (χ1n) is 7.75. The first-order chi connectivity index (χ1) is 12.2. The molecule has 2 aromatic heterocycles. The molecule has 0 fully saturated rings. The minimum Gasteiger partial charge on any atom is -0.346 e. The lowest BCUT2D eigenvalue weighted by atomic mass is 10.1. The van der Waals surface area contributed by atoms with Crippen molar-refractivity contribution >= 4 is 28.8 Å². The second kappa shape index (κ2) is 6.45. The zero-order chi connectivity index (χ0) is 17.2. The van der Waals surface area contributed by atoms with Crippen molar-refractivity contribution in [2.45, 2.75) is 13.0 Å². The lowest BCUT2D eigenvalue weighted by molar-refractivity contribution is -0.115. The van der Waals surface area contributed by atoms with Gasteiger partial charge in [-0.2, -0.15) is 0 Å². The number of thiazole rings is 1. The van der Waals surface area contributed by atoms with Crippen LogP contribution in [-0.4, -0.2) is 21.8 Å². The van der Waals surface area contributed by atoms with Crippen LogP contribution < -0.4 is 10.6 Å². The van der Waals surface area contributed by atoms with Gasteiger partial charge in [-0.15, -0.1) is 11.3 Å². The van der Waals surface area contributed by atoms with Crippen molar-refractivity contribution in [2.24, 2.45) is 0 Å². The summed E-state index contributed by atoms with van der Waals surface area (Å²) in [6, 6.07) is 9.04. The molecule has 0 saturated carbocycles. The van der Waals surface area contributed by atoms with E-state index in [1.807, 2.05) is 17.5 Å². The number of carbonyl (C=O) groups is 2. The third-order valence-corrected chi connectivity index (χ3v) is 4.84. The Morgan fingerprint density at radius 2 is 2.08 bits per heavy atom. The van der Waals surface area contributed by atoms with E-state index in [-0.39, 0.29) is 11.8 Å². The summed E-state index contributed by atoms with van der Waals surface area (Å²) >= 11 is 1.53. The first-order valence-corrected chi connectivity index (χ1v) is 8.63. The molecule has 0 unspecified atom stereocenters. The van der Waals surface area contributed by atoms with Crippen LogP contribution in [0.4, 0.5) is 5.69 Å². The molecule has 0 spiro atoms. The minimum atomic E-state index is -0.180. The molecule has 2 amide bonds. The van der Waals surface area contributed by atoms with E-state index in [1.165, 1.54) is 11.3 Å². The van der Waals surface area contributed by atoms with Gasteiger partial charge in [0, 0.05) is 34.6 Å². The number of hydrogen-bond acceptors (Lipinski definition) is 5. The van der Waals surface area contributed by atoms with Crippen molar-refractivity contribution in [3.63, 3.8) is 0 Å². The Morgan fingerprint density at radius 3 is 2.92 bits per heavy atom. The molecule has 124 valence electrons. The molecular weight excluding hydrogens is 336 g/mol. The molecule has 2 N–H and O–H groups in total. The predicted molar refractivity (Wildman–Crippen MR) is 95.3 cm³/mol. The van der Waals surface area contributed by atoms with Gasteiger partial charge in [-0.25, -0.2) is 4.98 Å². The largest absolute Gasteiger partial charge is 0.346 e. The maximum absolute atomic E-state index is 12.3. The average Bonchev–Trinajstić information content (AvgIpc) is 3.25. The summed E-state index contributed by atoms with van der Waals surface area (Å²) in [7, 11) is 0. The first kappa shape index (κ1) is 15.5. The zero-order valence-electron chi connectivity index (χ0n) is 13.2. The van der Waals surface area contributed by atoms with Crippen molar-refractivity contribution in [2.75, 3.05) is 5.32 Å². The Labute approximate surface area is 148 Å². The number of pyridine rings is 1. The number of benzene rings is 1. The molecule has 0 radical (unpaired) electrons. The van der Waals surface area contributed by atoms with Gasteiger partial charge >= 0.3 is 0 Å². The van der Waals surface area contributed by atoms with Gasteiger partial charge in [0.1, 0.15) is 5.01 Å². The number of carbonyl (C=O) groups excluding carboxylic acids is 2. The van der Waals surface area contributed by atoms with E-state index < -0.39 is 0 Å². The molecule has 0 bridgehead atoms. The Kier molecular flexibility index (Phi) is 3.99. The SMILES string of the molecule is O=C1Cc2cc(C(=O)NCc3csc(-c4ccncc4)n3)ccc2N1. The third-order valence-electron chi connectivity index (χ3n) is 3.90. The highest BCUT2D eigenvalue weighted by Gasteiger charge is 2.19. The van der Waals surface area contributed by atoms with Gasteiger partial charge in [-0.3, -0.25) is 14.6 Å². The normalized spacial score (nSPS) is 12.6. The molecule has 1 aliphatic heterocycles. The van der Waals surface area contributed by atoms with Crippen LogP contribution in [0.15, 0.2) is 48.1 Å². The van der Waals surface area contributed by atoms with Crippen molar-refractivity contribution in [3.05, 3.63) is 64.9 Å². The number of fused-ring (bicyclic) bond motifs is 1. The number of aromatic nitrogens is 2. The standard InChI is InChI=1S/C18H14N4O2S/c23-16-8-13-7-12(1-2-15(13)22-16)17(24)20-9-14-10-25-18(21-14)11-3-5-19-6-4-11/h1-7,10H,8-9H2,(H,20,24)(H,22,23). The summed E-state index contributed by atoms with van der Waals surface area (Å²) < 4.78 is 0. The highest BCUT2D eigenvalue weighted by molar-refractivity contribution is 7.13.